The number of carbonyl (C=O) groups is 1. The molecule has 3 rings (SSSR count). The molecule has 0 N–H and O–H groups in total. The van der Waals surface area contributed by atoms with Crippen LogP contribution in [0.1, 0.15) is 32.6 Å². The van der Waals surface area contributed by atoms with Gasteiger partial charge in [0.05, 0.1) is 6.54 Å². The highest BCUT2D eigenvalue weighted by molar-refractivity contribution is 5.78. The lowest BCUT2D eigenvalue weighted by Gasteiger charge is -2.38. The third-order valence-corrected chi connectivity index (χ3v) is 4.08. The van der Waals surface area contributed by atoms with Crippen LogP contribution in [0.5, 0.6) is 0 Å². The summed E-state index contributed by atoms with van der Waals surface area (Å²) in [6, 6.07) is 0.294. The molecule has 3 heterocycles. The molecule has 1 aromatic rings. The lowest BCUT2D eigenvalue weighted by atomic mass is 9.98. The molecule has 0 aromatic carbocycles. The van der Waals surface area contributed by atoms with Gasteiger partial charge in [0.25, 0.3) is 0 Å². The van der Waals surface area contributed by atoms with Crippen molar-refractivity contribution < 1.29 is 9.53 Å². The van der Waals surface area contributed by atoms with Crippen LogP contribution in [0, 0.1) is 0 Å². The van der Waals surface area contributed by atoms with E-state index in [1.165, 1.54) is 6.42 Å². The number of nitrogens with zero attached hydrogens (tertiary/aromatic N) is 4. The van der Waals surface area contributed by atoms with E-state index in [0.29, 0.717) is 6.04 Å². The van der Waals surface area contributed by atoms with Crippen LogP contribution in [-0.4, -0.2) is 50.4 Å². The molecule has 1 aromatic heterocycles. The van der Waals surface area contributed by atoms with E-state index < -0.39 is 0 Å². The molecule has 6 heteroatoms. The average Bonchev–Trinajstić information content (AvgIpc) is 3.00. The zero-order chi connectivity index (χ0) is 13.2. The van der Waals surface area contributed by atoms with Crippen molar-refractivity contribution in [2.24, 2.45) is 0 Å². The van der Waals surface area contributed by atoms with E-state index in [2.05, 4.69) is 15.0 Å². The minimum absolute atomic E-state index is 0.0476. The van der Waals surface area contributed by atoms with E-state index >= 15 is 0 Å². The molecule has 2 saturated heterocycles. The molecular formula is C13H20N4O2. The van der Waals surface area contributed by atoms with E-state index in [9.17, 15) is 4.79 Å². The van der Waals surface area contributed by atoms with Crippen molar-refractivity contribution in [2.75, 3.05) is 6.54 Å². The Balaban J connectivity index is 1.72. The van der Waals surface area contributed by atoms with E-state index in [-0.39, 0.29) is 18.1 Å². The number of aromatic nitrogens is 3. The monoisotopic (exact) mass is 264 g/mol. The van der Waals surface area contributed by atoms with Gasteiger partial charge in [-0.3, -0.25) is 14.4 Å². The van der Waals surface area contributed by atoms with Gasteiger partial charge >= 0.3 is 5.97 Å². The van der Waals surface area contributed by atoms with Crippen molar-refractivity contribution in [3.05, 3.63) is 12.7 Å². The van der Waals surface area contributed by atoms with E-state index in [1.807, 2.05) is 11.6 Å². The summed E-state index contributed by atoms with van der Waals surface area (Å²) in [4.78, 5) is 18.2. The van der Waals surface area contributed by atoms with Gasteiger partial charge in [0, 0.05) is 12.5 Å². The van der Waals surface area contributed by atoms with Gasteiger partial charge in [-0.05, 0) is 26.3 Å². The number of hydrogen-bond acceptors (Lipinski definition) is 5. The summed E-state index contributed by atoms with van der Waals surface area (Å²) in [5.74, 6) is -0.0574. The first kappa shape index (κ1) is 12.6. The predicted octanol–water partition coefficient (Wildman–Crippen LogP) is 0.837. The average molecular weight is 264 g/mol. The number of piperidine rings is 1. The molecule has 19 heavy (non-hydrogen) atoms. The molecule has 0 spiro atoms. The fourth-order valence-corrected chi connectivity index (χ4v) is 3.18. The van der Waals surface area contributed by atoms with Crippen molar-refractivity contribution in [3.8, 4) is 0 Å². The van der Waals surface area contributed by atoms with Gasteiger partial charge < -0.3 is 4.74 Å². The molecular weight excluding hydrogens is 244 g/mol. The Morgan fingerprint density at radius 1 is 1.47 bits per heavy atom. The molecule has 0 unspecified atom stereocenters. The minimum Gasteiger partial charge on any atom is -0.461 e. The summed E-state index contributed by atoms with van der Waals surface area (Å²) in [7, 11) is 0. The number of carbonyl (C=O) groups excluding carboxylic acids is 1. The smallest absolute Gasteiger partial charge is 0.323 e. The summed E-state index contributed by atoms with van der Waals surface area (Å²) >= 11 is 0. The van der Waals surface area contributed by atoms with Crippen molar-refractivity contribution in [1.29, 1.82) is 0 Å². The molecule has 2 aliphatic heterocycles. The summed E-state index contributed by atoms with van der Waals surface area (Å²) in [5, 5.41) is 4.17. The number of likely N-dealkylation sites (tertiary alicyclic amines) is 1. The quantitative estimate of drug-likeness (QED) is 0.757. The van der Waals surface area contributed by atoms with Crippen LogP contribution in [0.4, 0.5) is 0 Å². The number of cyclic esters (lactones) is 1. The normalized spacial score (nSPS) is 32.5. The Morgan fingerprint density at radius 3 is 3.05 bits per heavy atom. The van der Waals surface area contributed by atoms with E-state index in [1.54, 1.807) is 12.7 Å². The maximum absolute atomic E-state index is 11.9. The highest BCUT2D eigenvalue weighted by atomic mass is 16.6. The van der Waals surface area contributed by atoms with Crippen molar-refractivity contribution in [3.63, 3.8) is 0 Å². The van der Waals surface area contributed by atoms with Crippen LogP contribution in [0.25, 0.3) is 0 Å². The SMILES string of the molecule is C[C@@H]1C[C@H](N2CCCC[C@H]2Cn2cncn2)C(=O)O1. The molecule has 6 nitrogen and oxygen atoms in total. The molecule has 104 valence electrons. The molecule has 0 amide bonds. The Kier molecular flexibility index (Phi) is 3.50. The number of rotatable bonds is 3. The highest BCUT2D eigenvalue weighted by Crippen LogP contribution is 2.27. The van der Waals surface area contributed by atoms with Crippen LogP contribution >= 0.6 is 0 Å². The Morgan fingerprint density at radius 2 is 2.37 bits per heavy atom. The first-order valence-corrected chi connectivity index (χ1v) is 7.02. The molecule has 0 radical (unpaired) electrons. The number of hydrogen-bond donors (Lipinski definition) is 0. The summed E-state index contributed by atoms with van der Waals surface area (Å²) in [6.45, 7) is 3.75. The van der Waals surface area contributed by atoms with Crippen LogP contribution < -0.4 is 0 Å². The maximum atomic E-state index is 11.9. The van der Waals surface area contributed by atoms with Gasteiger partial charge in [0.15, 0.2) is 0 Å². The van der Waals surface area contributed by atoms with Crippen molar-refractivity contribution >= 4 is 5.97 Å². The van der Waals surface area contributed by atoms with Gasteiger partial charge in [-0.15, -0.1) is 0 Å². The van der Waals surface area contributed by atoms with Crippen molar-refractivity contribution in [1.82, 2.24) is 19.7 Å². The topological polar surface area (TPSA) is 60.2 Å². The molecule has 2 aliphatic rings. The number of ether oxygens (including phenoxy) is 1. The van der Waals surface area contributed by atoms with Crippen LogP contribution in [0.3, 0.4) is 0 Å². The maximum Gasteiger partial charge on any atom is 0.323 e. The second kappa shape index (κ2) is 5.28. The fraction of sp³-hybridized carbons (Fsp3) is 0.769. The van der Waals surface area contributed by atoms with E-state index in [4.69, 9.17) is 4.74 Å². The van der Waals surface area contributed by atoms with Crippen LogP contribution in [-0.2, 0) is 16.1 Å². The zero-order valence-electron chi connectivity index (χ0n) is 11.2. The van der Waals surface area contributed by atoms with Crippen LogP contribution in [0.2, 0.25) is 0 Å². The van der Waals surface area contributed by atoms with E-state index in [0.717, 1.165) is 32.4 Å². The summed E-state index contributed by atoms with van der Waals surface area (Å²) in [5.41, 5.74) is 0. The molecule has 0 aliphatic carbocycles. The fourth-order valence-electron chi connectivity index (χ4n) is 3.18. The van der Waals surface area contributed by atoms with Gasteiger partial charge in [-0.2, -0.15) is 5.10 Å². The third-order valence-electron chi connectivity index (χ3n) is 4.08. The van der Waals surface area contributed by atoms with Gasteiger partial charge in [0.2, 0.25) is 0 Å². The molecule has 0 saturated carbocycles. The lowest BCUT2D eigenvalue weighted by Crippen LogP contribution is -2.50. The first-order chi connectivity index (χ1) is 9.24. The second-order valence-corrected chi connectivity index (χ2v) is 5.50. The number of esters is 1. The van der Waals surface area contributed by atoms with Gasteiger partial charge in [0.1, 0.15) is 24.8 Å². The highest BCUT2D eigenvalue weighted by Gasteiger charge is 2.40. The summed E-state index contributed by atoms with van der Waals surface area (Å²) in [6.07, 6.45) is 7.64. The van der Waals surface area contributed by atoms with Gasteiger partial charge in [-0.25, -0.2) is 4.98 Å². The summed E-state index contributed by atoms with van der Waals surface area (Å²) < 4.78 is 7.15. The van der Waals surface area contributed by atoms with Gasteiger partial charge in [-0.1, -0.05) is 6.42 Å². The van der Waals surface area contributed by atoms with Crippen molar-refractivity contribution in [2.45, 2.75) is 57.3 Å². The minimum atomic E-state index is -0.0659. The molecule has 2 fully saturated rings. The first-order valence-electron chi connectivity index (χ1n) is 7.02. The molecule has 0 bridgehead atoms. The zero-order valence-corrected chi connectivity index (χ0v) is 11.2. The van der Waals surface area contributed by atoms with Crippen LogP contribution in [0.15, 0.2) is 12.7 Å². The Bertz CT molecular complexity index is 434. The largest absolute Gasteiger partial charge is 0.461 e. The Labute approximate surface area is 112 Å². The standard InChI is InChI=1S/C13H20N4O2/c1-10-6-12(13(18)19-10)17-5-3-2-4-11(17)7-16-9-14-8-15-16/h8-12H,2-7H2,1H3/t10-,11+,12+/m1/s1. The predicted molar refractivity (Wildman–Crippen MR) is 68.3 cm³/mol. The lowest BCUT2D eigenvalue weighted by molar-refractivity contribution is -0.146. The molecule has 3 atom stereocenters. The third kappa shape index (κ3) is 2.63. The Hall–Kier alpha value is -1.43. The second-order valence-electron chi connectivity index (χ2n) is 5.50.